The second-order valence-corrected chi connectivity index (χ2v) is 6.59. The number of H-pyrrole nitrogens is 1. The van der Waals surface area contributed by atoms with Crippen LogP contribution in [-0.4, -0.2) is 40.0 Å². The molecule has 25 heavy (non-hydrogen) atoms. The summed E-state index contributed by atoms with van der Waals surface area (Å²) in [5, 5.41) is 0. The lowest BCUT2D eigenvalue weighted by Crippen LogP contribution is -2.56. The molecule has 0 spiro atoms. The smallest absolute Gasteiger partial charge is 0.345 e. The summed E-state index contributed by atoms with van der Waals surface area (Å²) in [7, 11) is 0. The van der Waals surface area contributed by atoms with E-state index >= 15 is 0 Å². The summed E-state index contributed by atoms with van der Waals surface area (Å²) in [4.78, 5) is 32.0. The number of benzene rings is 1. The molecule has 0 radical (unpaired) electrons. The monoisotopic (exact) mass is 341 g/mol. The van der Waals surface area contributed by atoms with Crippen LogP contribution in [-0.2, 0) is 11.2 Å². The molecule has 1 fully saturated rings. The Kier molecular flexibility index (Phi) is 4.88. The van der Waals surface area contributed by atoms with Crippen LogP contribution in [0.3, 0.4) is 0 Å². The van der Waals surface area contributed by atoms with Gasteiger partial charge in [0.15, 0.2) is 0 Å². The number of carbonyl (C=O) groups excluding carboxylic acids is 1. The molecule has 2 aromatic rings. The van der Waals surface area contributed by atoms with Gasteiger partial charge in [0.1, 0.15) is 11.9 Å². The lowest BCUT2D eigenvalue weighted by molar-refractivity contribution is -0.139. The summed E-state index contributed by atoms with van der Waals surface area (Å²) in [6, 6.07) is 7.93. The number of amides is 1. The highest BCUT2D eigenvalue weighted by Crippen LogP contribution is 2.20. The number of rotatable bonds is 5. The van der Waals surface area contributed by atoms with Crippen molar-refractivity contribution in [2.75, 3.05) is 13.1 Å². The molecular weight excluding hydrogens is 318 g/mol. The van der Waals surface area contributed by atoms with Crippen LogP contribution in [0.15, 0.2) is 29.1 Å². The molecule has 1 aromatic heterocycles. The van der Waals surface area contributed by atoms with E-state index in [-0.39, 0.29) is 17.7 Å². The van der Waals surface area contributed by atoms with Gasteiger partial charge in [0.25, 0.3) is 0 Å². The molecule has 3 rings (SSSR count). The second-order valence-electron chi connectivity index (χ2n) is 6.59. The van der Waals surface area contributed by atoms with Crippen LogP contribution in [0.2, 0.25) is 0 Å². The van der Waals surface area contributed by atoms with Crippen molar-refractivity contribution in [3.05, 3.63) is 57.3 Å². The summed E-state index contributed by atoms with van der Waals surface area (Å²) in [6.07, 6.45) is 1.05. The van der Waals surface area contributed by atoms with Gasteiger partial charge in [0.2, 0.25) is 5.91 Å². The average molecular weight is 341 g/mol. The van der Waals surface area contributed by atoms with Gasteiger partial charge in [0.05, 0.1) is 13.1 Å². The molecular formula is C19H23N3O3. The summed E-state index contributed by atoms with van der Waals surface area (Å²) < 4.78 is 5.88. The van der Waals surface area contributed by atoms with Crippen LogP contribution in [0, 0.1) is 20.8 Å². The minimum absolute atomic E-state index is 0.0592. The van der Waals surface area contributed by atoms with Gasteiger partial charge >= 0.3 is 5.69 Å². The lowest BCUT2D eigenvalue weighted by Gasteiger charge is -2.39. The Hall–Kier alpha value is -2.63. The van der Waals surface area contributed by atoms with Gasteiger partial charge in [-0.1, -0.05) is 12.1 Å². The quantitative estimate of drug-likeness (QED) is 0.901. The third-order valence-electron chi connectivity index (χ3n) is 4.53. The zero-order valence-electron chi connectivity index (χ0n) is 14.8. The van der Waals surface area contributed by atoms with Gasteiger partial charge in [-0.3, -0.25) is 4.79 Å². The van der Waals surface area contributed by atoms with Gasteiger partial charge in [-0.2, -0.15) is 4.98 Å². The van der Waals surface area contributed by atoms with E-state index in [0.717, 1.165) is 22.6 Å². The first-order chi connectivity index (χ1) is 11.9. The highest BCUT2D eigenvalue weighted by molar-refractivity contribution is 5.77. The highest BCUT2D eigenvalue weighted by atomic mass is 16.5. The molecule has 6 heteroatoms. The Morgan fingerprint density at radius 3 is 2.76 bits per heavy atom. The van der Waals surface area contributed by atoms with Crippen molar-refractivity contribution >= 4 is 5.91 Å². The fourth-order valence-corrected chi connectivity index (χ4v) is 3.11. The molecule has 0 unspecified atom stereocenters. The van der Waals surface area contributed by atoms with Crippen molar-refractivity contribution in [2.24, 2.45) is 0 Å². The number of ether oxygens (including phenoxy) is 1. The first kappa shape index (κ1) is 17.2. The molecule has 1 N–H and O–H groups in total. The zero-order valence-corrected chi connectivity index (χ0v) is 14.8. The van der Waals surface area contributed by atoms with Crippen LogP contribution < -0.4 is 10.4 Å². The summed E-state index contributed by atoms with van der Waals surface area (Å²) in [5.74, 6) is 0.955. The number of hydrogen-bond acceptors (Lipinski definition) is 4. The number of hydrogen-bond donors (Lipinski definition) is 1. The second kappa shape index (κ2) is 7.09. The number of nitrogens with zero attached hydrogens (tertiary/aromatic N) is 2. The van der Waals surface area contributed by atoms with E-state index in [1.165, 1.54) is 0 Å². The standard InChI is InChI=1S/C19H23N3O3/c1-12-5-4-6-15(9-12)25-16-10-22(11-16)18(23)8-7-17-13(2)20-19(24)21-14(17)3/h4-6,9,16H,7-8,10-11H2,1-3H3,(H,20,21,24). The molecule has 1 aliphatic heterocycles. The van der Waals surface area contributed by atoms with Crippen molar-refractivity contribution in [1.82, 2.24) is 14.9 Å². The van der Waals surface area contributed by atoms with Crippen molar-refractivity contribution in [3.8, 4) is 5.75 Å². The molecule has 0 aliphatic carbocycles. The Balaban J connectivity index is 1.49. The molecule has 132 valence electrons. The van der Waals surface area contributed by atoms with Crippen LogP contribution in [0.25, 0.3) is 0 Å². The van der Waals surface area contributed by atoms with Crippen LogP contribution in [0.4, 0.5) is 0 Å². The van der Waals surface area contributed by atoms with E-state index in [2.05, 4.69) is 9.97 Å². The fraction of sp³-hybridized carbons (Fsp3) is 0.421. The minimum Gasteiger partial charge on any atom is -0.487 e. The SMILES string of the molecule is Cc1cccc(OC2CN(C(=O)CCc3c(C)nc(=O)[nH]c3C)C2)c1. The summed E-state index contributed by atoms with van der Waals surface area (Å²) >= 11 is 0. The van der Waals surface area contributed by atoms with E-state index in [4.69, 9.17) is 4.74 Å². The molecule has 1 saturated heterocycles. The Labute approximate surface area is 146 Å². The van der Waals surface area contributed by atoms with Crippen molar-refractivity contribution in [2.45, 2.75) is 39.7 Å². The number of aromatic amines is 1. The predicted molar refractivity (Wildman–Crippen MR) is 94.8 cm³/mol. The van der Waals surface area contributed by atoms with E-state index in [0.29, 0.717) is 31.6 Å². The molecule has 0 saturated carbocycles. The van der Waals surface area contributed by atoms with E-state index < -0.39 is 0 Å². The maximum atomic E-state index is 12.3. The van der Waals surface area contributed by atoms with Crippen molar-refractivity contribution in [1.29, 1.82) is 0 Å². The topological polar surface area (TPSA) is 75.3 Å². The third kappa shape index (κ3) is 4.07. The zero-order chi connectivity index (χ0) is 18.0. The maximum absolute atomic E-state index is 12.3. The largest absolute Gasteiger partial charge is 0.487 e. The van der Waals surface area contributed by atoms with Gasteiger partial charge in [0, 0.05) is 17.8 Å². The molecule has 6 nitrogen and oxygen atoms in total. The molecule has 1 aromatic carbocycles. The average Bonchev–Trinajstić information content (AvgIpc) is 2.49. The van der Waals surface area contributed by atoms with Crippen molar-refractivity contribution in [3.63, 3.8) is 0 Å². The first-order valence-electron chi connectivity index (χ1n) is 8.50. The number of aromatic nitrogens is 2. The molecule has 1 amide bonds. The fourth-order valence-electron chi connectivity index (χ4n) is 3.11. The van der Waals surface area contributed by atoms with Crippen LogP contribution in [0.5, 0.6) is 5.75 Å². The van der Waals surface area contributed by atoms with Crippen LogP contribution >= 0.6 is 0 Å². The van der Waals surface area contributed by atoms with Crippen molar-refractivity contribution < 1.29 is 9.53 Å². The van der Waals surface area contributed by atoms with E-state index in [1.807, 2.05) is 43.0 Å². The predicted octanol–water partition coefficient (Wildman–Crippen LogP) is 1.92. The number of nitrogens with one attached hydrogen (secondary N) is 1. The maximum Gasteiger partial charge on any atom is 0.345 e. The third-order valence-corrected chi connectivity index (χ3v) is 4.53. The number of likely N-dealkylation sites (tertiary alicyclic amines) is 1. The molecule has 2 heterocycles. The molecule has 1 aliphatic rings. The molecule has 0 atom stereocenters. The first-order valence-corrected chi connectivity index (χ1v) is 8.50. The summed E-state index contributed by atoms with van der Waals surface area (Å²) in [6.45, 7) is 6.91. The van der Waals surface area contributed by atoms with Gasteiger partial charge in [-0.25, -0.2) is 4.79 Å². The van der Waals surface area contributed by atoms with Crippen LogP contribution in [0.1, 0.15) is 28.9 Å². The number of aryl methyl sites for hydroxylation is 3. The Bertz CT molecular complexity index is 812. The van der Waals surface area contributed by atoms with E-state index in [9.17, 15) is 9.59 Å². The highest BCUT2D eigenvalue weighted by Gasteiger charge is 2.32. The normalized spacial score (nSPS) is 14.3. The Morgan fingerprint density at radius 2 is 2.08 bits per heavy atom. The van der Waals surface area contributed by atoms with Gasteiger partial charge < -0.3 is 14.6 Å². The van der Waals surface area contributed by atoms with Gasteiger partial charge in [-0.05, 0) is 50.5 Å². The number of carbonyl (C=O) groups is 1. The molecule has 0 bridgehead atoms. The van der Waals surface area contributed by atoms with E-state index in [1.54, 1.807) is 6.92 Å². The Morgan fingerprint density at radius 1 is 1.32 bits per heavy atom. The summed E-state index contributed by atoms with van der Waals surface area (Å²) in [5.41, 5.74) is 3.24. The lowest BCUT2D eigenvalue weighted by atomic mass is 10.0. The van der Waals surface area contributed by atoms with Gasteiger partial charge in [-0.15, -0.1) is 0 Å². The minimum atomic E-state index is -0.344.